The maximum Gasteiger partial charge on any atom is 0.340 e. The number of carboxylic acids is 1. The van der Waals surface area contributed by atoms with E-state index in [0.29, 0.717) is 16.9 Å². The molecule has 142 valence electrons. The molecule has 1 aliphatic heterocycles. The van der Waals surface area contributed by atoms with E-state index in [0.717, 1.165) is 4.47 Å². The average Bonchev–Trinajstić information content (AvgIpc) is 2.92. The number of esters is 1. The lowest BCUT2D eigenvalue weighted by Gasteiger charge is -2.18. The molecule has 1 amide bonds. The number of anilines is 1. The lowest BCUT2D eigenvalue weighted by molar-refractivity contribution is -0.136. The summed E-state index contributed by atoms with van der Waals surface area (Å²) in [5.74, 6) is -2.21. The van der Waals surface area contributed by atoms with Crippen molar-refractivity contribution in [1.82, 2.24) is 0 Å². The van der Waals surface area contributed by atoms with Crippen LogP contribution in [0.4, 0.5) is 5.69 Å². The number of carbonyl (C=O) groups excluding carboxylic acids is 2. The minimum absolute atomic E-state index is 0.0340. The van der Waals surface area contributed by atoms with Crippen LogP contribution in [0.2, 0.25) is 0 Å². The molecular formula is C21H16BrNO5. The Morgan fingerprint density at radius 2 is 1.75 bits per heavy atom. The highest BCUT2D eigenvalue weighted by Gasteiger charge is 2.38. The zero-order valence-corrected chi connectivity index (χ0v) is 16.7. The second kappa shape index (κ2) is 7.82. The average molecular weight is 442 g/mol. The van der Waals surface area contributed by atoms with Crippen molar-refractivity contribution >= 4 is 45.5 Å². The third-order valence-electron chi connectivity index (χ3n) is 4.37. The molecule has 0 atom stereocenters. The van der Waals surface area contributed by atoms with Crippen LogP contribution in [-0.4, -0.2) is 30.1 Å². The molecule has 1 N–H and O–H groups in total. The molecule has 0 bridgehead atoms. The molecule has 1 heterocycles. The fourth-order valence-electron chi connectivity index (χ4n) is 3.05. The summed E-state index contributed by atoms with van der Waals surface area (Å²) in [4.78, 5) is 38.5. The van der Waals surface area contributed by atoms with E-state index in [9.17, 15) is 19.5 Å². The number of ether oxygens (including phenoxy) is 1. The normalized spacial score (nSPS) is 15.3. The van der Waals surface area contributed by atoms with Crippen molar-refractivity contribution in [3.05, 3.63) is 81.0 Å². The van der Waals surface area contributed by atoms with E-state index in [1.54, 1.807) is 49.4 Å². The van der Waals surface area contributed by atoms with E-state index in [1.807, 2.05) is 0 Å². The number of halogens is 1. The second-order valence-corrected chi connectivity index (χ2v) is 6.94. The first-order valence-electron chi connectivity index (χ1n) is 8.28. The summed E-state index contributed by atoms with van der Waals surface area (Å²) in [6, 6.07) is 13.3. The number of hydrogen-bond donors (Lipinski definition) is 1. The molecule has 0 aromatic heterocycles. The number of nitrogens with zero attached hydrogens (tertiary/aromatic N) is 1. The number of benzene rings is 2. The van der Waals surface area contributed by atoms with Crippen molar-refractivity contribution in [1.29, 1.82) is 0 Å². The van der Waals surface area contributed by atoms with Crippen LogP contribution in [0.3, 0.4) is 0 Å². The summed E-state index contributed by atoms with van der Waals surface area (Å²) in [5.41, 5.74) is 1.55. The van der Waals surface area contributed by atoms with E-state index >= 15 is 0 Å². The fourth-order valence-corrected chi connectivity index (χ4v) is 3.32. The number of rotatable bonds is 4. The molecular weight excluding hydrogens is 426 g/mol. The fraction of sp³-hybridized carbons (Fsp3) is 0.0952. The predicted molar refractivity (Wildman–Crippen MR) is 108 cm³/mol. The second-order valence-electron chi connectivity index (χ2n) is 6.02. The standard InChI is InChI=1S/C21H16BrNO5/c1-12-18(21(27)28-2)17(11-13-5-3-4-6-16(13)20(25)26)19(24)23(12)15-9-7-14(22)8-10-15/h3-11H,1-2H3,(H,25,26)/b17-11-. The first kappa shape index (κ1) is 19.6. The van der Waals surface area contributed by atoms with Crippen LogP contribution in [0.25, 0.3) is 6.08 Å². The Morgan fingerprint density at radius 3 is 2.36 bits per heavy atom. The van der Waals surface area contributed by atoms with E-state index in [2.05, 4.69) is 15.9 Å². The number of aromatic carboxylic acids is 1. The first-order chi connectivity index (χ1) is 13.3. The molecule has 1 aliphatic rings. The lowest BCUT2D eigenvalue weighted by atomic mass is 10.0. The smallest absolute Gasteiger partial charge is 0.340 e. The number of carboxylic acid groups (broad SMARTS) is 1. The molecule has 3 rings (SSSR count). The molecule has 0 fully saturated rings. The predicted octanol–water partition coefficient (Wildman–Crippen LogP) is 4.02. The van der Waals surface area contributed by atoms with E-state index in [4.69, 9.17) is 4.74 Å². The van der Waals surface area contributed by atoms with Crippen molar-refractivity contribution < 1.29 is 24.2 Å². The number of amides is 1. The summed E-state index contributed by atoms with van der Waals surface area (Å²) >= 11 is 3.35. The highest BCUT2D eigenvalue weighted by Crippen LogP contribution is 2.36. The van der Waals surface area contributed by atoms with Gasteiger partial charge in [0, 0.05) is 15.9 Å². The van der Waals surface area contributed by atoms with Crippen molar-refractivity contribution in [3.63, 3.8) is 0 Å². The van der Waals surface area contributed by atoms with Crippen LogP contribution in [0.5, 0.6) is 0 Å². The molecule has 0 saturated carbocycles. The number of carbonyl (C=O) groups is 3. The first-order valence-corrected chi connectivity index (χ1v) is 9.08. The molecule has 6 nitrogen and oxygen atoms in total. The minimum Gasteiger partial charge on any atom is -0.478 e. The van der Waals surface area contributed by atoms with Gasteiger partial charge in [-0.05, 0) is 48.9 Å². The van der Waals surface area contributed by atoms with Crippen LogP contribution in [0.1, 0.15) is 22.8 Å². The van der Waals surface area contributed by atoms with Crippen LogP contribution in [0.15, 0.2) is 69.8 Å². The Balaban J connectivity index is 2.18. The van der Waals surface area contributed by atoms with Gasteiger partial charge in [-0.15, -0.1) is 0 Å². The van der Waals surface area contributed by atoms with Gasteiger partial charge in [0.1, 0.15) is 0 Å². The number of methoxy groups -OCH3 is 1. The van der Waals surface area contributed by atoms with Crippen LogP contribution in [0, 0.1) is 0 Å². The molecule has 2 aromatic carbocycles. The van der Waals surface area contributed by atoms with Crippen molar-refractivity contribution in [3.8, 4) is 0 Å². The summed E-state index contributed by atoms with van der Waals surface area (Å²) in [7, 11) is 1.23. The number of hydrogen-bond acceptors (Lipinski definition) is 4. The minimum atomic E-state index is -1.12. The van der Waals surface area contributed by atoms with Gasteiger partial charge < -0.3 is 9.84 Å². The maximum absolute atomic E-state index is 13.2. The molecule has 2 aromatic rings. The van der Waals surface area contributed by atoms with Crippen molar-refractivity contribution in [2.45, 2.75) is 6.92 Å². The Hall–Kier alpha value is -3.19. The van der Waals surface area contributed by atoms with E-state index in [1.165, 1.54) is 24.2 Å². The third-order valence-corrected chi connectivity index (χ3v) is 4.89. The largest absolute Gasteiger partial charge is 0.478 e. The van der Waals surface area contributed by atoms with Crippen LogP contribution >= 0.6 is 15.9 Å². The molecule has 0 spiro atoms. The van der Waals surface area contributed by atoms with E-state index < -0.39 is 17.8 Å². The molecule has 0 unspecified atom stereocenters. The summed E-state index contributed by atoms with van der Waals surface area (Å²) in [6.45, 7) is 1.65. The molecule has 0 aliphatic carbocycles. The maximum atomic E-state index is 13.2. The zero-order chi connectivity index (χ0) is 20.4. The quantitative estimate of drug-likeness (QED) is 0.571. The van der Waals surface area contributed by atoms with Gasteiger partial charge in [0.05, 0.1) is 23.8 Å². The third kappa shape index (κ3) is 3.48. The summed E-state index contributed by atoms with van der Waals surface area (Å²) in [6.07, 6.45) is 1.42. The van der Waals surface area contributed by atoms with Gasteiger partial charge in [-0.2, -0.15) is 0 Å². The number of allylic oxidation sites excluding steroid dienone is 1. The lowest BCUT2D eigenvalue weighted by Crippen LogP contribution is -2.24. The van der Waals surface area contributed by atoms with Gasteiger partial charge in [0.2, 0.25) is 0 Å². The summed E-state index contributed by atoms with van der Waals surface area (Å²) in [5, 5.41) is 9.40. The Bertz CT molecular complexity index is 1040. The molecule has 28 heavy (non-hydrogen) atoms. The SMILES string of the molecule is COC(=O)C1=C(C)N(c2ccc(Br)cc2)C(=O)/C1=C\c1ccccc1C(=O)O. The monoisotopic (exact) mass is 441 g/mol. The molecule has 7 heteroatoms. The van der Waals surface area contributed by atoms with Gasteiger partial charge in [-0.25, -0.2) is 9.59 Å². The summed E-state index contributed by atoms with van der Waals surface area (Å²) < 4.78 is 5.71. The van der Waals surface area contributed by atoms with Crippen molar-refractivity contribution in [2.75, 3.05) is 12.0 Å². The van der Waals surface area contributed by atoms with Gasteiger partial charge in [0.15, 0.2) is 0 Å². The van der Waals surface area contributed by atoms with Gasteiger partial charge >= 0.3 is 11.9 Å². The van der Waals surface area contributed by atoms with Gasteiger partial charge in [-0.3, -0.25) is 9.69 Å². The van der Waals surface area contributed by atoms with Crippen LogP contribution in [-0.2, 0) is 14.3 Å². The van der Waals surface area contributed by atoms with Gasteiger partial charge in [-0.1, -0.05) is 34.1 Å². The highest BCUT2D eigenvalue weighted by atomic mass is 79.9. The highest BCUT2D eigenvalue weighted by molar-refractivity contribution is 9.10. The zero-order valence-electron chi connectivity index (χ0n) is 15.1. The van der Waals surface area contributed by atoms with Gasteiger partial charge in [0.25, 0.3) is 5.91 Å². The molecule has 0 radical (unpaired) electrons. The van der Waals surface area contributed by atoms with E-state index in [-0.39, 0.29) is 16.7 Å². The van der Waals surface area contributed by atoms with Crippen molar-refractivity contribution in [2.24, 2.45) is 0 Å². The Morgan fingerprint density at radius 1 is 1.11 bits per heavy atom. The Labute approximate surface area is 169 Å². The molecule has 0 saturated heterocycles. The Kier molecular flexibility index (Phi) is 5.46. The van der Waals surface area contributed by atoms with Crippen LogP contribution < -0.4 is 4.90 Å². The topological polar surface area (TPSA) is 83.9 Å².